The summed E-state index contributed by atoms with van der Waals surface area (Å²) in [7, 11) is 0. The quantitative estimate of drug-likeness (QED) is 0.220. The number of aliphatic hydroxyl groups is 5. The van der Waals surface area contributed by atoms with Crippen LogP contribution in [0.1, 0.15) is 55.4 Å². The Hall–Kier alpha value is -1.38. The Morgan fingerprint density at radius 2 is 1.31 bits per heavy atom. The summed E-state index contributed by atoms with van der Waals surface area (Å²) in [5.41, 5.74) is -0.519. The van der Waals surface area contributed by atoms with E-state index in [2.05, 4.69) is 31.4 Å². The van der Waals surface area contributed by atoms with E-state index >= 15 is 0 Å². The van der Waals surface area contributed by atoms with Crippen LogP contribution in [-0.4, -0.2) is 112 Å². The van der Waals surface area contributed by atoms with Gasteiger partial charge in [0.2, 0.25) is 11.8 Å². The van der Waals surface area contributed by atoms with Crippen LogP contribution in [0.5, 0.6) is 0 Å². The van der Waals surface area contributed by atoms with Gasteiger partial charge in [-0.05, 0) is 11.3 Å². The fourth-order valence-corrected chi connectivity index (χ4v) is 4.15. The lowest BCUT2D eigenvalue weighted by Gasteiger charge is -2.50. The van der Waals surface area contributed by atoms with Crippen molar-refractivity contribution in [1.82, 2.24) is 10.6 Å². The van der Waals surface area contributed by atoms with Gasteiger partial charge in [-0.3, -0.25) is 9.59 Å². The van der Waals surface area contributed by atoms with Crippen LogP contribution in [0.3, 0.4) is 0 Å². The first-order valence-electron chi connectivity index (χ1n) is 12.3. The van der Waals surface area contributed by atoms with E-state index in [4.69, 9.17) is 14.2 Å². The third kappa shape index (κ3) is 8.88. The van der Waals surface area contributed by atoms with E-state index in [1.165, 1.54) is 13.8 Å². The first-order valence-corrected chi connectivity index (χ1v) is 12.3. The minimum Gasteiger partial charge on any atom is -0.394 e. The average molecular weight is 523 g/mol. The Balaban J connectivity index is 0.00000150. The van der Waals surface area contributed by atoms with Crippen molar-refractivity contribution in [3.8, 4) is 0 Å². The van der Waals surface area contributed by atoms with E-state index < -0.39 is 91.5 Å². The lowest BCUT2D eigenvalue weighted by molar-refractivity contribution is -0.318. The molecule has 2 aliphatic heterocycles. The Labute approximate surface area is 213 Å². The first kappa shape index (κ1) is 32.6. The van der Waals surface area contributed by atoms with Crippen molar-refractivity contribution in [2.24, 2.45) is 11.3 Å². The Kier molecular flexibility index (Phi) is 12.7. The van der Waals surface area contributed by atoms with Crippen molar-refractivity contribution in [1.29, 1.82) is 0 Å². The number of hydrogen-bond donors (Lipinski definition) is 7. The van der Waals surface area contributed by atoms with E-state index in [-0.39, 0.29) is 0 Å². The van der Waals surface area contributed by atoms with Gasteiger partial charge >= 0.3 is 0 Å². The molecule has 0 saturated carbocycles. The van der Waals surface area contributed by atoms with Gasteiger partial charge in [0.1, 0.15) is 42.7 Å². The zero-order valence-corrected chi connectivity index (χ0v) is 22.5. The van der Waals surface area contributed by atoms with Crippen LogP contribution in [0.4, 0.5) is 0 Å². The molecular weight excluding hydrogens is 476 g/mol. The van der Waals surface area contributed by atoms with E-state index in [0.717, 1.165) is 5.92 Å². The van der Waals surface area contributed by atoms with Gasteiger partial charge in [-0.25, -0.2) is 0 Å². The van der Waals surface area contributed by atoms with Gasteiger partial charge in [0.05, 0.1) is 25.4 Å². The summed E-state index contributed by atoms with van der Waals surface area (Å²) >= 11 is 0. The second-order valence-electron chi connectivity index (χ2n) is 11.1. The summed E-state index contributed by atoms with van der Waals surface area (Å²) in [5, 5.41) is 56.2. The summed E-state index contributed by atoms with van der Waals surface area (Å²) in [6.45, 7) is 13.4. The predicted octanol–water partition coefficient (Wildman–Crippen LogP) is -1.35. The van der Waals surface area contributed by atoms with Crippen molar-refractivity contribution in [2.45, 2.75) is 116 Å². The van der Waals surface area contributed by atoms with Crippen molar-refractivity contribution in [3.05, 3.63) is 0 Å². The number of aliphatic hydroxyl groups excluding tert-OH is 5. The minimum atomic E-state index is -1.54. The third-order valence-corrected chi connectivity index (χ3v) is 5.66. The summed E-state index contributed by atoms with van der Waals surface area (Å²) in [5.74, 6) is -0.110. The normalized spacial score (nSPS) is 37.1. The molecule has 36 heavy (non-hydrogen) atoms. The van der Waals surface area contributed by atoms with Crippen molar-refractivity contribution in [3.63, 3.8) is 0 Å². The molecule has 0 bridgehead atoms. The zero-order valence-electron chi connectivity index (χ0n) is 22.5. The Bertz CT molecular complexity index is 698. The highest BCUT2D eigenvalue weighted by Crippen LogP contribution is 2.35. The highest BCUT2D eigenvalue weighted by atomic mass is 16.7. The smallest absolute Gasteiger partial charge is 0.217 e. The van der Waals surface area contributed by atoms with Crippen molar-refractivity contribution < 1.29 is 49.3 Å². The SMILES string of the molecule is CC(=O)NC1C(OC2C(O)C(NC(C)=O)C(C(C)(C)C)O[C@H]2CO)OC(CO)C(O)C1O.CC(C)C. The van der Waals surface area contributed by atoms with Gasteiger partial charge in [0, 0.05) is 13.8 Å². The maximum atomic E-state index is 11.8. The fraction of sp³-hybridized carbons (Fsp3) is 0.917. The lowest BCUT2D eigenvalue weighted by Crippen LogP contribution is -2.70. The van der Waals surface area contributed by atoms with E-state index in [1.807, 2.05) is 20.8 Å². The van der Waals surface area contributed by atoms with Crippen LogP contribution < -0.4 is 10.6 Å². The number of carbonyl (C=O) groups excluding carboxylic acids is 2. The van der Waals surface area contributed by atoms with Gasteiger partial charge in [-0.1, -0.05) is 41.5 Å². The van der Waals surface area contributed by atoms with Crippen LogP contribution in [0.15, 0.2) is 0 Å². The van der Waals surface area contributed by atoms with Crippen LogP contribution >= 0.6 is 0 Å². The molecular formula is C24H46N2O10. The molecule has 212 valence electrons. The molecule has 2 fully saturated rings. The molecule has 2 rings (SSSR count). The number of nitrogens with one attached hydrogen (secondary N) is 2. The molecule has 0 radical (unpaired) electrons. The maximum absolute atomic E-state index is 11.8. The second kappa shape index (κ2) is 14.0. The molecule has 0 aromatic heterocycles. The van der Waals surface area contributed by atoms with Gasteiger partial charge < -0.3 is 50.4 Å². The summed E-state index contributed by atoms with van der Waals surface area (Å²) in [4.78, 5) is 23.4. The second-order valence-corrected chi connectivity index (χ2v) is 11.1. The number of hydrogen-bond acceptors (Lipinski definition) is 10. The molecule has 12 heteroatoms. The topological polar surface area (TPSA) is 187 Å². The third-order valence-electron chi connectivity index (χ3n) is 5.66. The molecule has 10 atom stereocenters. The van der Waals surface area contributed by atoms with Gasteiger partial charge in [-0.2, -0.15) is 0 Å². The molecule has 0 aromatic rings. The van der Waals surface area contributed by atoms with Crippen LogP contribution in [0.2, 0.25) is 0 Å². The van der Waals surface area contributed by atoms with E-state index in [0.29, 0.717) is 0 Å². The molecule has 2 aliphatic rings. The summed E-state index contributed by atoms with van der Waals surface area (Å²) < 4.78 is 17.4. The molecule has 9 unspecified atom stereocenters. The highest BCUT2D eigenvalue weighted by Gasteiger charge is 2.53. The lowest BCUT2D eigenvalue weighted by atomic mass is 9.78. The van der Waals surface area contributed by atoms with Crippen LogP contribution in [-0.2, 0) is 23.8 Å². The first-order chi connectivity index (χ1) is 16.5. The van der Waals surface area contributed by atoms with Crippen molar-refractivity contribution >= 4 is 11.8 Å². The summed E-state index contributed by atoms with van der Waals surface area (Å²) in [6, 6.07) is -2.14. The van der Waals surface area contributed by atoms with E-state index in [9.17, 15) is 35.1 Å². The maximum Gasteiger partial charge on any atom is 0.217 e. The Morgan fingerprint density at radius 1 is 0.833 bits per heavy atom. The zero-order chi connectivity index (χ0) is 28.0. The van der Waals surface area contributed by atoms with E-state index in [1.54, 1.807) is 0 Å². The predicted molar refractivity (Wildman–Crippen MR) is 130 cm³/mol. The molecule has 0 aliphatic carbocycles. The van der Waals surface area contributed by atoms with Crippen molar-refractivity contribution in [2.75, 3.05) is 13.2 Å². The molecule has 12 nitrogen and oxygen atoms in total. The highest BCUT2D eigenvalue weighted by molar-refractivity contribution is 5.73. The molecule has 2 amide bonds. The number of amides is 2. The summed E-state index contributed by atoms with van der Waals surface area (Å²) in [6.07, 6.45) is -9.97. The number of rotatable bonds is 6. The van der Waals surface area contributed by atoms with Gasteiger partial charge in [-0.15, -0.1) is 0 Å². The average Bonchev–Trinajstić information content (AvgIpc) is 2.74. The van der Waals surface area contributed by atoms with Crippen LogP contribution in [0.25, 0.3) is 0 Å². The number of carbonyl (C=O) groups is 2. The Morgan fingerprint density at radius 3 is 1.72 bits per heavy atom. The largest absolute Gasteiger partial charge is 0.394 e. The minimum absolute atomic E-state index is 0.406. The fourth-order valence-electron chi connectivity index (χ4n) is 4.15. The standard InChI is InChI=1S/C20H36N2O10.C4H10/c1-8(25)21-12-16(29)17(11(7-24)30-18(12)20(3,4)5)32-19-13(22-9(2)26)15(28)14(27)10(6-23)31-19;1-4(2)3/h10-19,23-24,27-29H,6-7H2,1-5H3,(H,21,25)(H,22,26);4H,1-3H3/t10?,11-,12?,13?,14?,15?,16?,17?,18?,19?;/m0./s1. The molecule has 0 spiro atoms. The molecule has 7 N–H and O–H groups in total. The molecule has 2 heterocycles. The molecule has 2 saturated heterocycles. The van der Waals surface area contributed by atoms with Gasteiger partial charge in [0.15, 0.2) is 6.29 Å². The van der Waals surface area contributed by atoms with Crippen LogP contribution in [0, 0.1) is 11.3 Å². The monoisotopic (exact) mass is 522 g/mol. The molecule has 0 aromatic carbocycles. The van der Waals surface area contributed by atoms with Gasteiger partial charge in [0.25, 0.3) is 0 Å². The number of ether oxygens (including phenoxy) is 3.